The van der Waals surface area contributed by atoms with Gasteiger partial charge in [0.05, 0.1) is 17.4 Å². The van der Waals surface area contributed by atoms with Crippen molar-refractivity contribution < 1.29 is 4.79 Å². The SMILES string of the molecule is O=C(NCc1c[nH]c2ccccc12)c1ccc2nc[nH]c2c1. The molecule has 0 spiro atoms. The van der Waals surface area contributed by atoms with Gasteiger partial charge in [-0.15, -0.1) is 0 Å². The van der Waals surface area contributed by atoms with Gasteiger partial charge >= 0.3 is 0 Å². The summed E-state index contributed by atoms with van der Waals surface area (Å²) in [5.41, 5.74) is 4.49. The second kappa shape index (κ2) is 5.04. The van der Waals surface area contributed by atoms with Gasteiger partial charge in [0, 0.05) is 29.2 Å². The van der Waals surface area contributed by atoms with E-state index in [0.29, 0.717) is 12.1 Å². The van der Waals surface area contributed by atoms with E-state index in [-0.39, 0.29) is 5.91 Å². The molecule has 5 nitrogen and oxygen atoms in total. The Kier molecular flexibility index (Phi) is 2.89. The average molecular weight is 290 g/mol. The first-order chi connectivity index (χ1) is 10.8. The highest BCUT2D eigenvalue weighted by Crippen LogP contribution is 2.17. The number of fused-ring (bicyclic) bond motifs is 2. The molecule has 4 rings (SSSR count). The molecule has 0 aliphatic rings. The first kappa shape index (κ1) is 12.6. The largest absolute Gasteiger partial charge is 0.361 e. The number of para-hydroxylation sites is 1. The molecule has 0 fully saturated rings. The maximum Gasteiger partial charge on any atom is 0.251 e. The first-order valence-corrected chi connectivity index (χ1v) is 7.07. The minimum atomic E-state index is -0.0956. The number of aromatic amines is 2. The maximum atomic E-state index is 12.3. The lowest BCUT2D eigenvalue weighted by molar-refractivity contribution is 0.0951. The van der Waals surface area contributed by atoms with Crippen LogP contribution in [0.3, 0.4) is 0 Å². The summed E-state index contributed by atoms with van der Waals surface area (Å²) in [6.07, 6.45) is 3.56. The number of amides is 1. The Hall–Kier alpha value is -3.08. The summed E-state index contributed by atoms with van der Waals surface area (Å²) >= 11 is 0. The van der Waals surface area contributed by atoms with Crippen LogP contribution in [0, 0.1) is 0 Å². The summed E-state index contributed by atoms with van der Waals surface area (Å²) in [6.45, 7) is 0.490. The smallest absolute Gasteiger partial charge is 0.251 e. The first-order valence-electron chi connectivity index (χ1n) is 7.07. The summed E-state index contributed by atoms with van der Waals surface area (Å²) in [4.78, 5) is 22.7. The number of carbonyl (C=O) groups excluding carboxylic acids is 1. The second-order valence-corrected chi connectivity index (χ2v) is 5.18. The van der Waals surface area contributed by atoms with Crippen LogP contribution in [0.15, 0.2) is 55.0 Å². The third kappa shape index (κ3) is 2.13. The van der Waals surface area contributed by atoms with Gasteiger partial charge in [-0.05, 0) is 29.8 Å². The molecule has 2 aromatic carbocycles. The molecule has 3 N–H and O–H groups in total. The zero-order chi connectivity index (χ0) is 14.9. The molecule has 5 heteroatoms. The molecule has 2 aromatic heterocycles. The predicted octanol–water partition coefficient (Wildman–Crippen LogP) is 2.97. The van der Waals surface area contributed by atoms with Crippen molar-refractivity contribution >= 4 is 27.8 Å². The lowest BCUT2D eigenvalue weighted by atomic mass is 10.1. The maximum absolute atomic E-state index is 12.3. The lowest BCUT2D eigenvalue weighted by Crippen LogP contribution is -2.22. The number of carbonyl (C=O) groups is 1. The van der Waals surface area contributed by atoms with Gasteiger partial charge < -0.3 is 15.3 Å². The summed E-state index contributed by atoms with van der Waals surface area (Å²) in [5, 5.41) is 4.09. The summed E-state index contributed by atoms with van der Waals surface area (Å²) in [5.74, 6) is -0.0956. The van der Waals surface area contributed by atoms with Gasteiger partial charge in [-0.3, -0.25) is 4.79 Å². The Bertz CT molecular complexity index is 967. The molecule has 2 heterocycles. The minimum Gasteiger partial charge on any atom is -0.361 e. The van der Waals surface area contributed by atoms with E-state index >= 15 is 0 Å². The van der Waals surface area contributed by atoms with Crippen LogP contribution in [0.2, 0.25) is 0 Å². The Morgan fingerprint density at radius 2 is 2.00 bits per heavy atom. The molecule has 0 radical (unpaired) electrons. The van der Waals surface area contributed by atoms with Crippen LogP contribution in [-0.2, 0) is 6.54 Å². The van der Waals surface area contributed by atoms with Crippen molar-refractivity contribution in [1.29, 1.82) is 0 Å². The normalized spacial score (nSPS) is 11.1. The summed E-state index contributed by atoms with van der Waals surface area (Å²) < 4.78 is 0. The molecule has 0 aliphatic heterocycles. The van der Waals surface area contributed by atoms with Crippen LogP contribution >= 0.6 is 0 Å². The van der Waals surface area contributed by atoms with Crippen molar-refractivity contribution in [2.75, 3.05) is 0 Å². The van der Waals surface area contributed by atoms with Crippen molar-refractivity contribution in [1.82, 2.24) is 20.3 Å². The highest BCUT2D eigenvalue weighted by atomic mass is 16.1. The molecule has 0 bridgehead atoms. The van der Waals surface area contributed by atoms with E-state index in [0.717, 1.165) is 27.5 Å². The Morgan fingerprint density at radius 1 is 1.09 bits per heavy atom. The van der Waals surface area contributed by atoms with E-state index in [2.05, 4.69) is 20.3 Å². The summed E-state index contributed by atoms with van der Waals surface area (Å²) in [6, 6.07) is 13.5. The number of nitrogens with one attached hydrogen (secondary N) is 3. The van der Waals surface area contributed by atoms with Crippen molar-refractivity contribution in [2.24, 2.45) is 0 Å². The lowest BCUT2D eigenvalue weighted by Gasteiger charge is -2.04. The molecular weight excluding hydrogens is 276 g/mol. The fourth-order valence-electron chi connectivity index (χ4n) is 2.63. The Balaban J connectivity index is 1.54. The molecule has 0 atom stereocenters. The number of imidazole rings is 1. The Labute approximate surface area is 126 Å². The minimum absolute atomic E-state index is 0.0956. The van der Waals surface area contributed by atoms with Crippen LogP contribution in [0.5, 0.6) is 0 Å². The van der Waals surface area contributed by atoms with Gasteiger partial charge in [-0.2, -0.15) is 0 Å². The van der Waals surface area contributed by atoms with Crippen molar-refractivity contribution in [3.8, 4) is 0 Å². The van der Waals surface area contributed by atoms with Gasteiger partial charge in [0.1, 0.15) is 0 Å². The van der Waals surface area contributed by atoms with Gasteiger partial charge in [0.2, 0.25) is 0 Å². The van der Waals surface area contributed by atoms with Crippen LogP contribution in [0.25, 0.3) is 21.9 Å². The monoisotopic (exact) mass is 290 g/mol. The van der Waals surface area contributed by atoms with E-state index in [1.54, 1.807) is 12.4 Å². The van der Waals surface area contributed by atoms with Crippen LogP contribution in [0.1, 0.15) is 15.9 Å². The summed E-state index contributed by atoms with van der Waals surface area (Å²) in [7, 11) is 0. The average Bonchev–Trinajstić information content (AvgIpc) is 3.18. The zero-order valence-corrected chi connectivity index (χ0v) is 11.8. The quantitative estimate of drug-likeness (QED) is 0.542. The zero-order valence-electron chi connectivity index (χ0n) is 11.8. The number of hydrogen-bond acceptors (Lipinski definition) is 2. The van der Waals surface area contributed by atoms with E-state index in [1.165, 1.54) is 0 Å². The highest BCUT2D eigenvalue weighted by molar-refractivity contribution is 5.97. The predicted molar refractivity (Wildman–Crippen MR) is 85.6 cm³/mol. The van der Waals surface area contributed by atoms with Crippen LogP contribution in [-0.4, -0.2) is 20.9 Å². The second-order valence-electron chi connectivity index (χ2n) is 5.18. The highest BCUT2D eigenvalue weighted by Gasteiger charge is 2.09. The molecule has 0 unspecified atom stereocenters. The molecule has 0 aliphatic carbocycles. The van der Waals surface area contributed by atoms with Crippen molar-refractivity contribution in [3.05, 3.63) is 66.1 Å². The molecule has 108 valence electrons. The van der Waals surface area contributed by atoms with Crippen molar-refractivity contribution in [3.63, 3.8) is 0 Å². The van der Waals surface area contributed by atoms with Crippen LogP contribution in [0.4, 0.5) is 0 Å². The van der Waals surface area contributed by atoms with E-state index in [1.807, 2.05) is 42.6 Å². The van der Waals surface area contributed by atoms with E-state index in [9.17, 15) is 4.79 Å². The van der Waals surface area contributed by atoms with E-state index < -0.39 is 0 Å². The molecule has 1 amide bonds. The number of H-pyrrole nitrogens is 2. The molecule has 0 saturated heterocycles. The van der Waals surface area contributed by atoms with Gasteiger partial charge in [0.25, 0.3) is 5.91 Å². The number of rotatable bonds is 3. The van der Waals surface area contributed by atoms with Gasteiger partial charge in [0.15, 0.2) is 0 Å². The number of hydrogen-bond donors (Lipinski definition) is 3. The Morgan fingerprint density at radius 3 is 2.95 bits per heavy atom. The molecule has 4 aromatic rings. The van der Waals surface area contributed by atoms with Gasteiger partial charge in [-0.25, -0.2) is 4.98 Å². The fraction of sp³-hybridized carbons (Fsp3) is 0.0588. The number of benzene rings is 2. The molecule has 22 heavy (non-hydrogen) atoms. The van der Waals surface area contributed by atoms with E-state index in [4.69, 9.17) is 0 Å². The van der Waals surface area contributed by atoms with Crippen LogP contribution < -0.4 is 5.32 Å². The molecule has 0 saturated carbocycles. The standard InChI is InChI=1S/C17H14N4O/c22-17(11-5-6-15-16(7-11)21-10-20-15)19-9-12-8-18-14-4-2-1-3-13(12)14/h1-8,10,18H,9H2,(H,19,22)(H,20,21). The van der Waals surface area contributed by atoms with Crippen molar-refractivity contribution in [2.45, 2.75) is 6.54 Å². The number of nitrogens with zero attached hydrogens (tertiary/aromatic N) is 1. The number of aromatic nitrogens is 3. The third-order valence-electron chi connectivity index (χ3n) is 3.80. The molecular formula is C17H14N4O. The topological polar surface area (TPSA) is 73.6 Å². The van der Waals surface area contributed by atoms with Gasteiger partial charge in [-0.1, -0.05) is 18.2 Å². The third-order valence-corrected chi connectivity index (χ3v) is 3.80. The fourth-order valence-corrected chi connectivity index (χ4v) is 2.63.